The molecule has 1 aliphatic rings. The van der Waals surface area contributed by atoms with E-state index in [0.29, 0.717) is 12.4 Å². The number of ether oxygens (including phenoxy) is 1. The smallest absolute Gasteiger partial charge is 0.287 e. The zero-order valence-electron chi connectivity index (χ0n) is 13.1. The van der Waals surface area contributed by atoms with Crippen LogP contribution in [0.3, 0.4) is 0 Å². The van der Waals surface area contributed by atoms with Crippen molar-refractivity contribution in [3.8, 4) is 0 Å². The maximum absolute atomic E-state index is 12.4. The molecule has 6 nitrogen and oxygen atoms in total. The lowest BCUT2D eigenvalue weighted by atomic mass is 10.1. The molecule has 2 aromatic rings. The molecule has 1 amide bonds. The lowest BCUT2D eigenvalue weighted by Crippen LogP contribution is -2.37. The lowest BCUT2D eigenvalue weighted by Gasteiger charge is -2.19. The number of hydrogen-bond donors (Lipinski definition) is 1. The number of carbonyl (C=O) groups excluding carboxylic acids is 1. The number of rotatable bonds is 4. The SMILES string of the molecule is CCc1oc(C(=O)N[C@H]2CCO[C@@H]2c2nccn2C)cc1C. The van der Waals surface area contributed by atoms with Crippen molar-refractivity contribution in [2.75, 3.05) is 6.61 Å². The Morgan fingerprint density at radius 2 is 2.36 bits per heavy atom. The molecular weight excluding hydrogens is 282 g/mol. The van der Waals surface area contributed by atoms with Crippen LogP contribution in [0.5, 0.6) is 0 Å². The van der Waals surface area contributed by atoms with Gasteiger partial charge >= 0.3 is 0 Å². The third-order valence-corrected chi connectivity index (χ3v) is 4.09. The quantitative estimate of drug-likeness (QED) is 0.939. The third-order valence-electron chi connectivity index (χ3n) is 4.09. The minimum atomic E-state index is -0.217. The summed E-state index contributed by atoms with van der Waals surface area (Å²) < 4.78 is 13.3. The molecule has 0 spiro atoms. The van der Waals surface area contributed by atoms with Crippen LogP contribution in [0.1, 0.15) is 47.2 Å². The van der Waals surface area contributed by atoms with Gasteiger partial charge in [0.05, 0.1) is 6.04 Å². The van der Waals surface area contributed by atoms with Gasteiger partial charge in [0.25, 0.3) is 5.91 Å². The Kier molecular flexibility index (Phi) is 4.02. The molecule has 0 bridgehead atoms. The van der Waals surface area contributed by atoms with Gasteiger partial charge in [0.2, 0.25) is 0 Å². The summed E-state index contributed by atoms with van der Waals surface area (Å²) in [5.74, 6) is 1.85. The molecule has 2 atom stereocenters. The van der Waals surface area contributed by atoms with Gasteiger partial charge < -0.3 is 19.0 Å². The number of nitrogens with zero attached hydrogens (tertiary/aromatic N) is 2. The molecule has 1 saturated heterocycles. The second-order valence-electron chi connectivity index (χ2n) is 5.63. The fourth-order valence-electron chi connectivity index (χ4n) is 2.87. The van der Waals surface area contributed by atoms with Gasteiger partial charge in [-0.1, -0.05) is 6.92 Å². The van der Waals surface area contributed by atoms with E-state index in [1.165, 1.54) is 0 Å². The zero-order chi connectivity index (χ0) is 15.7. The molecule has 2 aromatic heterocycles. The molecule has 22 heavy (non-hydrogen) atoms. The Bertz CT molecular complexity index is 674. The van der Waals surface area contributed by atoms with Crippen molar-refractivity contribution < 1.29 is 13.9 Å². The summed E-state index contributed by atoms with van der Waals surface area (Å²) in [6, 6.07) is 1.70. The van der Waals surface area contributed by atoms with Crippen LogP contribution in [0.4, 0.5) is 0 Å². The Hall–Kier alpha value is -2.08. The number of carbonyl (C=O) groups is 1. The molecule has 0 radical (unpaired) electrons. The van der Waals surface area contributed by atoms with E-state index in [1.807, 2.05) is 31.7 Å². The summed E-state index contributed by atoms with van der Waals surface area (Å²) in [5.41, 5.74) is 1.01. The Balaban J connectivity index is 1.74. The van der Waals surface area contributed by atoms with E-state index in [0.717, 1.165) is 30.0 Å². The average molecular weight is 303 g/mol. The van der Waals surface area contributed by atoms with Crippen molar-refractivity contribution in [1.82, 2.24) is 14.9 Å². The topological polar surface area (TPSA) is 69.3 Å². The molecule has 3 rings (SSSR count). The van der Waals surface area contributed by atoms with Crippen molar-refractivity contribution >= 4 is 5.91 Å². The van der Waals surface area contributed by atoms with E-state index < -0.39 is 0 Å². The first-order valence-corrected chi connectivity index (χ1v) is 7.59. The number of aryl methyl sites for hydroxylation is 3. The highest BCUT2D eigenvalue weighted by atomic mass is 16.5. The van der Waals surface area contributed by atoms with Crippen molar-refractivity contribution in [2.45, 2.75) is 38.8 Å². The largest absolute Gasteiger partial charge is 0.456 e. The van der Waals surface area contributed by atoms with Crippen LogP contribution < -0.4 is 5.32 Å². The second kappa shape index (κ2) is 5.96. The van der Waals surface area contributed by atoms with Crippen molar-refractivity contribution in [2.24, 2.45) is 7.05 Å². The molecule has 118 valence electrons. The van der Waals surface area contributed by atoms with E-state index in [-0.39, 0.29) is 18.1 Å². The van der Waals surface area contributed by atoms with Crippen LogP contribution in [-0.4, -0.2) is 28.1 Å². The summed E-state index contributed by atoms with van der Waals surface area (Å²) in [7, 11) is 1.92. The van der Waals surface area contributed by atoms with Gasteiger partial charge in [-0.3, -0.25) is 4.79 Å². The molecule has 0 aromatic carbocycles. The van der Waals surface area contributed by atoms with Crippen molar-refractivity contribution in [3.05, 3.63) is 41.4 Å². The highest BCUT2D eigenvalue weighted by Gasteiger charge is 2.34. The van der Waals surface area contributed by atoms with Crippen LogP contribution in [0.15, 0.2) is 22.9 Å². The Morgan fingerprint density at radius 1 is 1.55 bits per heavy atom. The standard InChI is InChI=1S/C16H21N3O3/c1-4-12-10(2)9-13(22-12)16(20)18-11-5-8-21-14(11)15-17-6-7-19(15)3/h6-7,9,11,14H,4-5,8H2,1-3H3,(H,18,20)/t11-,14-/m0/s1. The fraction of sp³-hybridized carbons (Fsp3) is 0.500. The molecule has 1 N–H and O–H groups in total. The van der Waals surface area contributed by atoms with Crippen LogP contribution in [0.2, 0.25) is 0 Å². The molecule has 1 aliphatic heterocycles. The van der Waals surface area contributed by atoms with E-state index in [9.17, 15) is 4.79 Å². The minimum Gasteiger partial charge on any atom is -0.456 e. The first-order chi connectivity index (χ1) is 10.6. The van der Waals surface area contributed by atoms with Gasteiger partial charge in [0, 0.05) is 32.5 Å². The number of nitrogens with one attached hydrogen (secondary N) is 1. The summed E-state index contributed by atoms with van der Waals surface area (Å²) in [6.07, 6.45) is 4.94. The summed E-state index contributed by atoms with van der Waals surface area (Å²) in [5, 5.41) is 3.01. The molecular formula is C16H21N3O3. The molecule has 0 unspecified atom stereocenters. The molecule has 6 heteroatoms. The first kappa shape index (κ1) is 14.8. The predicted molar refractivity (Wildman–Crippen MR) is 80.6 cm³/mol. The highest BCUT2D eigenvalue weighted by molar-refractivity contribution is 5.92. The Morgan fingerprint density at radius 3 is 3.00 bits per heavy atom. The maximum Gasteiger partial charge on any atom is 0.287 e. The zero-order valence-corrected chi connectivity index (χ0v) is 13.1. The second-order valence-corrected chi connectivity index (χ2v) is 5.63. The summed E-state index contributed by atoms with van der Waals surface area (Å²) in [6.45, 7) is 4.57. The predicted octanol–water partition coefficient (Wildman–Crippen LogP) is 2.14. The van der Waals surface area contributed by atoms with Gasteiger partial charge in [-0.2, -0.15) is 0 Å². The van der Waals surface area contributed by atoms with Crippen molar-refractivity contribution in [1.29, 1.82) is 0 Å². The van der Waals surface area contributed by atoms with Crippen LogP contribution in [0, 0.1) is 6.92 Å². The molecule has 0 saturated carbocycles. The third kappa shape index (κ3) is 2.66. The monoisotopic (exact) mass is 303 g/mol. The van der Waals surface area contributed by atoms with Crippen LogP contribution in [0.25, 0.3) is 0 Å². The van der Waals surface area contributed by atoms with Gasteiger partial charge in [-0.25, -0.2) is 4.98 Å². The van der Waals surface area contributed by atoms with Crippen LogP contribution >= 0.6 is 0 Å². The van der Waals surface area contributed by atoms with E-state index in [4.69, 9.17) is 9.15 Å². The highest BCUT2D eigenvalue weighted by Crippen LogP contribution is 2.28. The van der Waals surface area contributed by atoms with Gasteiger partial charge in [-0.05, 0) is 25.0 Å². The van der Waals surface area contributed by atoms with Gasteiger partial charge in [0.1, 0.15) is 17.7 Å². The number of hydrogen-bond acceptors (Lipinski definition) is 4. The van der Waals surface area contributed by atoms with E-state index in [2.05, 4.69) is 10.3 Å². The van der Waals surface area contributed by atoms with Gasteiger partial charge in [0.15, 0.2) is 5.76 Å². The molecule has 0 aliphatic carbocycles. The van der Waals surface area contributed by atoms with Crippen molar-refractivity contribution in [3.63, 3.8) is 0 Å². The normalized spacial score (nSPS) is 21.2. The summed E-state index contributed by atoms with van der Waals surface area (Å²) in [4.78, 5) is 16.7. The summed E-state index contributed by atoms with van der Waals surface area (Å²) >= 11 is 0. The van der Waals surface area contributed by atoms with E-state index in [1.54, 1.807) is 12.3 Å². The lowest BCUT2D eigenvalue weighted by molar-refractivity contribution is 0.0762. The number of amides is 1. The maximum atomic E-state index is 12.4. The fourth-order valence-corrected chi connectivity index (χ4v) is 2.87. The number of furan rings is 1. The van der Waals surface area contributed by atoms with Crippen LogP contribution in [-0.2, 0) is 18.2 Å². The van der Waals surface area contributed by atoms with Gasteiger partial charge in [-0.15, -0.1) is 0 Å². The Labute approximate surface area is 129 Å². The number of aromatic nitrogens is 2. The molecule has 1 fully saturated rings. The first-order valence-electron chi connectivity index (χ1n) is 7.59. The average Bonchev–Trinajstić information content (AvgIpc) is 3.19. The van der Waals surface area contributed by atoms with E-state index >= 15 is 0 Å². The number of imidazole rings is 1. The molecule has 3 heterocycles. The minimum absolute atomic E-state index is 0.0934.